The van der Waals surface area contributed by atoms with E-state index in [1.165, 1.54) is 0 Å². The van der Waals surface area contributed by atoms with Gasteiger partial charge in [0.05, 0.1) is 5.54 Å². The Morgan fingerprint density at radius 1 is 1.33 bits per heavy atom. The van der Waals surface area contributed by atoms with E-state index in [-0.39, 0.29) is 5.84 Å². The van der Waals surface area contributed by atoms with Crippen LogP contribution in [-0.2, 0) is 0 Å². The summed E-state index contributed by atoms with van der Waals surface area (Å²) in [6.45, 7) is 0. The molecule has 0 aromatic rings. The van der Waals surface area contributed by atoms with Crippen molar-refractivity contribution in [1.82, 2.24) is 0 Å². The molecule has 0 saturated heterocycles. The first-order valence-electron chi connectivity index (χ1n) is 3.28. The van der Waals surface area contributed by atoms with Crippen molar-refractivity contribution in [2.75, 3.05) is 0 Å². The molecule has 0 aliphatic heterocycles. The number of nitrogens with two attached hydrogens (primary N) is 2. The normalized spacial score (nSPS) is 24.1. The van der Waals surface area contributed by atoms with Gasteiger partial charge >= 0.3 is 0 Å². The first kappa shape index (κ1) is 6.55. The quantitative estimate of drug-likeness (QED) is 0.347. The van der Waals surface area contributed by atoms with Crippen molar-refractivity contribution in [3.05, 3.63) is 0 Å². The highest BCUT2D eigenvalue weighted by molar-refractivity contribution is 5.87. The van der Waals surface area contributed by atoms with Crippen LogP contribution in [0.4, 0.5) is 0 Å². The van der Waals surface area contributed by atoms with E-state index in [1.54, 1.807) is 0 Å². The van der Waals surface area contributed by atoms with Crippen molar-refractivity contribution in [2.45, 2.75) is 31.2 Å². The largest absolute Gasteiger partial charge is 0.386 e. The molecule has 0 amide bonds. The van der Waals surface area contributed by atoms with Crippen molar-refractivity contribution in [3.63, 3.8) is 0 Å². The van der Waals surface area contributed by atoms with Gasteiger partial charge in [-0.1, -0.05) is 12.8 Å². The average Bonchev–Trinajstić information content (AvgIpc) is 2.16. The number of hydrogen-bond acceptors (Lipinski definition) is 2. The Kier molecular flexibility index (Phi) is 1.45. The van der Waals surface area contributed by atoms with Gasteiger partial charge in [0.25, 0.3) is 0 Å². The minimum atomic E-state index is -0.444. The second-order valence-electron chi connectivity index (χ2n) is 2.78. The Hall–Kier alpha value is -0.570. The Morgan fingerprint density at radius 2 is 1.78 bits per heavy atom. The van der Waals surface area contributed by atoms with E-state index in [0.29, 0.717) is 0 Å². The van der Waals surface area contributed by atoms with Crippen molar-refractivity contribution in [3.8, 4) is 0 Å². The molecule has 1 aliphatic carbocycles. The molecular weight excluding hydrogens is 114 g/mol. The van der Waals surface area contributed by atoms with Crippen molar-refractivity contribution < 1.29 is 0 Å². The third-order valence-corrected chi connectivity index (χ3v) is 2.03. The zero-order chi connectivity index (χ0) is 6.91. The monoisotopic (exact) mass is 127 g/mol. The number of hydrogen-bond donors (Lipinski definition) is 3. The summed E-state index contributed by atoms with van der Waals surface area (Å²) in [6, 6.07) is 0. The third-order valence-electron chi connectivity index (χ3n) is 2.03. The summed E-state index contributed by atoms with van der Waals surface area (Å²) in [5.74, 6) is 0.153. The molecule has 0 heterocycles. The smallest absolute Gasteiger partial charge is 0.111 e. The molecule has 3 nitrogen and oxygen atoms in total. The van der Waals surface area contributed by atoms with Crippen LogP contribution in [0.2, 0.25) is 0 Å². The van der Waals surface area contributed by atoms with E-state index in [2.05, 4.69) is 0 Å². The maximum atomic E-state index is 7.14. The van der Waals surface area contributed by atoms with Gasteiger partial charge in [-0.15, -0.1) is 0 Å². The maximum Gasteiger partial charge on any atom is 0.111 e. The van der Waals surface area contributed by atoms with Gasteiger partial charge in [-0.3, -0.25) is 5.41 Å². The average molecular weight is 127 g/mol. The van der Waals surface area contributed by atoms with Gasteiger partial charge in [-0.2, -0.15) is 0 Å². The van der Waals surface area contributed by atoms with Gasteiger partial charge in [0.15, 0.2) is 0 Å². The summed E-state index contributed by atoms with van der Waals surface area (Å²) < 4.78 is 0. The summed E-state index contributed by atoms with van der Waals surface area (Å²) in [6.07, 6.45) is 4.02. The van der Waals surface area contributed by atoms with E-state index in [1.807, 2.05) is 0 Å². The van der Waals surface area contributed by atoms with Gasteiger partial charge in [0, 0.05) is 0 Å². The Balaban J connectivity index is 2.61. The topological polar surface area (TPSA) is 75.9 Å². The molecule has 0 radical (unpaired) electrons. The van der Waals surface area contributed by atoms with Gasteiger partial charge in [-0.25, -0.2) is 0 Å². The highest BCUT2D eigenvalue weighted by Gasteiger charge is 2.31. The van der Waals surface area contributed by atoms with Crippen LogP contribution in [0.25, 0.3) is 0 Å². The summed E-state index contributed by atoms with van der Waals surface area (Å²) >= 11 is 0. The second kappa shape index (κ2) is 1.99. The Morgan fingerprint density at radius 3 is 2.00 bits per heavy atom. The summed E-state index contributed by atoms with van der Waals surface area (Å²) in [5.41, 5.74) is 10.6. The molecule has 5 N–H and O–H groups in total. The molecule has 0 bridgehead atoms. The predicted molar refractivity (Wildman–Crippen MR) is 37.3 cm³/mol. The van der Waals surface area contributed by atoms with Crippen LogP contribution in [0.5, 0.6) is 0 Å². The lowest BCUT2D eigenvalue weighted by Crippen LogP contribution is -2.49. The molecule has 0 spiro atoms. The fourth-order valence-electron chi connectivity index (χ4n) is 1.28. The number of rotatable bonds is 1. The van der Waals surface area contributed by atoms with Gasteiger partial charge in [0.1, 0.15) is 5.84 Å². The van der Waals surface area contributed by atoms with E-state index >= 15 is 0 Å². The van der Waals surface area contributed by atoms with E-state index < -0.39 is 5.54 Å². The molecule has 0 unspecified atom stereocenters. The minimum absolute atomic E-state index is 0.153. The molecule has 9 heavy (non-hydrogen) atoms. The lowest BCUT2D eigenvalue weighted by Gasteiger charge is -2.20. The first-order chi connectivity index (χ1) is 4.15. The van der Waals surface area contributed by atoms with Crippen molar-refractivity contribution >= 4 is 5.84 Å². The number of amidine groups is 1. The zero-order valence-electron chi connectivity index (χ0n) is 5.48. The van der Waals surface area contributed by atoms with Crippen LogP contribution in [0.3, 0.4) is 0 Å². The highest BCUT2D eigenvalue weighted by Crippen LogP contribution is 2.26. The molecule has 0 atom stereocenters. The summed E-state index contributed by atoms with van der Waals surface area (Å²) in [5, 5.41) is 7.14. The molecule has 0 aromatic carbocycles. The zero-order valence-corrected chi connectivity index (χ0v) is 5.48. The second-order valence-corrected chi connectivity index (χ2v) is 2.78. The van der Waals surface area contributed by atoms with Gasteiger partial charge in [0.2, 0.25) is 0 Å². The minimum Gasteiger partial charge on any atom is -0.386 e. The van der Waals surface area contributed by atoms with Crippen LogP contribution in [0, 0.1) is 5.41 Å². The fourth-order valence-corrected chi connectivity index (χ4v) is 1.28. The van der Waals surface area contributed by atoms with Gasteiger partial charge in [-0.05, 0) is 12.8 Å². The first-order valence-corrected chi connectivity index (χ1v) is 3.28. The van der Waals surface area contributed by atoms with Crippen LogP contribution < -0.4 is 11.5 Å². The molecular formula is C6H13N3. The number of nitrogens with one attached hydrogen (secondary N) is 1. The molecule has 1 aliphatic rings. The molecule has 52 valence electrons. The van der Waals surface area contributed by atoms with E-state index in [0.717, 1.165) is 25.7 Å². The van der Waals surface area contributed by atoms with E-state index in [9.17, 15) is 0 Å². The lowest BCUT2D eigenvalue weighted by atomic mass is 9.98. The standard InChI is InChI=1S/C6H13N3/c7-5(8)6(9)3-1-2-4-6/h1-4,9H2,(H3,7,8). The maximum absolute atomic E-state index is 7.14. The highest BCUT2D eigenvalue weighted by atomic mass is 14.9. The summed E-state index contributed by atoms with van der Waals surface area (Å²) in [7, 11) is 0. The van der Waals surface area contributed by atoms with Crippen LogP contribution >= 0.6 is 0 Å². The van der Waals surface area contributed by atoms with Crippen LogP contribution in [0.15, 0.2) is 0 Å². The van der Waals surface area contributed by atoms with Crippen LogP contribution in [0.1, 0.15) is 25.7 Å². The fraction of sp³-hybridized carbons (Fsp3) is 0.833. The van der Waals surface area contributed by atoms with E-state index in [4.69, 9.17) is 16.9 Å². The Bertz CT molecular complexity index is 124. The predicted octanol–water partition coefficient (Wildman–Crippen LogP) is 0.194. The lowest BCUT2D eigenvalue weighted by molar-refractivity contribution is 0.580. The third kappa shape index (κ3) is 1.05. The van der Waals surface area contributed by atoms with Gasteiger partial charge < -0.3 is 11.5 Å². The van der Waals surface area contributed by atoms with Crippen LogP contribution in [-0.4, -0.2) is 11.4 Å². The molecule has 1 rings (SSSR count). The molecule has 1 saturated carbocycles. The van der Waals surface area contributed by atoms with Crippen molar-refractivity contribution in [1.29, 1.82) is 5.41 Å². The molecule has 3 heteroatoms. The summed E-state index contributed by atoms with van der Waals surface area (Å²) in [4.78, 5) is 0. The Labute approximate surface area is 54.9 Å². The van der Waals surface area contributed by atoms with Crippen molar-refractivity contribution in [2.24, 2.45) is 11.5 Å². The molecule has 1 fully saturated rings. The SMILES string of the molecule is N=C(N)C1(N)CCCC1. The molecule has 0 aromatic heterocycles.